The molecule has 0 aliphatic heterocycles. The quantitative estimate of drug-likeness (QED) is 0.739. The van der Waals surface area contributed by atoms with Crippen LogP contribution in [0.25, 0.3) is 10.8 Å². The molecule has 0 saturated heterocycles. The molecule has 0 radical (unpaired) electrons. The zero-order chi connectivity index (χ0) is 16.9. The zero-order valence-corrected chi connectivity index (χ0v) is 13.2. The Morgan fingerprint density at radius 1 is 0.875 bits per heavy atom. The number of benzene rings is 3. The van der Waals surface area contributed by atoms with Crippen molar-refractivity contribution in [3.63, 3.8) is 0 Å². The lowest BCUT2D eigenvalue weighted by atomic mass is 10.0. The minimum atomic E-state index is -0.892. The number of amides is 1. The average Bonchev–Trinajstić information content (AvgIpc) is 2.62. The predicted octanol–water partition coefficient (Wildman–Crippen LogP) is 4.02. The van der Waals surface area contributed by atoms with E-state index in [1.54, 1.807) is 31.2 Å². The Morgan fingerprint density at radius 2 is 1.54 bits per heavy atom. The Kier molecular flexibility index (Phi) is 4.57. The molecule has 0 bridgehead atoms. The first-order chi connectivity index (χ1) is 11.6. The van der Waals surface area contributed by atoms with Crippen LogP contribution in [0.5, 0.6) is 0 Å². The van der Waals surface area contributed by atoms with Crippen LogP contribution in [0.2, 0.25) is 0 Å². The number of para-hydroxylation sites is 1. The van der Waals surface area contributed by atoms with Crippen LogP contribution in [0.1, 0.15) is 17.3 Å². The Morgan fingerprint density at radius 3 is 2.33 bits per heavy atom. The summed E-state index contributed by atoms with van der Waals surface area (Å²) in [5.74, 6) is -0.878. The van der Waals surface area contributed by atoms with Crippen molar-refractivity contribution in [2.75, 3.05) is 5.32 Å². The number of ether oxygens (including phenoxy) is 1. The Hall–Kier alpha value is -3.14. The number of esters is 1. The largest absolute Gasteiger partial charge is 0.449 e. The van der Waals surface area contributed by atoms with Gasteiger partial charge in [-0.3, -0.25) is 4.79 Å². The third-order valence-electron chi connectivity index (χ3n) is 3.70. The maximum atomic E-state index is 12.4. The lowest BCUT2D eigenvalue weighted by Gasteiger charge is -2.14. The van der Waals surface area contributed by atoms with Gasteiger partial charge in [0.05, 0.1) is 5.56 Å². The summed E-state index contributed by atoms with van der Waals surface area (Å²) in [5, 5.41) is 4.48. The molecule has 0 fully saturated rings. The predicted molar refractivity (Wildman–Crippen MR) is 93.9 cm³/mol. The van der Waals surface area contributed by atoms with Gasteiger partial charge in [0, 0.05) is 5.69 Å². The second-order valence-corrected chi connectivity index (χ2v) is 5.43. The molecule has 1 amide bonds. The van der Waals surface area contributed by atoms with Crippen molar-refractivity contribution in [2.45, 2.75) is 13.0 Å². The first-order valence-electron chi connectivity index (χ1n) is 7.70. The summed E-state index contributed by atoms with van der Waals surface area (Å²) in [6, 6.07) is 22.0. The fraction of sp³-hybridized carbons (Fsp3) is 0.100. The summed E-state index contributed by atoms with van der Waals surface area (Å²) in [5.41, 5.74) is 1.11. The van der Waals surface area contributed by atoms with Crippen LogP contribution in [0, 0.1) is 0 Å². The van der Waals surface area contributed by atoms with Gasteiger partial charge in [0.1, 0.15) is 0 Å². The SMILES string of the molecule is C[C@H](OC(=O)c1cccc2ccccc12)C(=O)Nc1ccccc1. The Balaban J connectivity index is 1.72. The van der Waals surface area contributed by atoms with Gasteiger partial charge in [0.25, 0.3) is 5.91 Å². The van der Waals surface area contributed by atoms with E-state index in [0.717, 1.165) is 10.8 Å². The monoisotopic (exact) mass is 319 g/mol. The van der Waals surface area contributed by atoms with E-state index in [0.29, 0.717) is 11.3 Å². The third-order valence-corrected chi connectivity index (χ3v) is 3.70. The first kappa shape index (κ1) is 15.7. The summed E-state index contributed by atoms with van der Waals surface area (Å²) in [6.45, 7) is 1.56. The van der Waals surface area contributed by atoms with Gasteiger partial charge in [-0.15, -0.1) is 0 Å². The standard InChI is InChI=1S/C20H17NO3/c1-14(19(22)21-16-10-3-2-4-11-16)24-20(23)18-13-7-9-15-8-5-6-12-17(15)18/h2-14H,1H3,(H,21,22)/t14-/m0/s1. The lowest BCUT2D eigenvalue weighted by Crippen LogP contribution is -2.30. The molecule has 0 unspecified atom stereocenters. The highest BCUT2D eigenvalue weighted by Crippen LogP contribution is 2.20. The fourth-order valence-corrected chi connectivity index (χ4v) is 2.45. The van der Waals surface area contributed by atoms with Gasteiger partial charge in [-0.1, -0.05) is 54.6 Å². The molecule has 4 heteroatoms. The highest BCUT2D eigenvalue weighted by molar-refractivity contribution is 6.05. The molecule has 4 nitrogen and oxygen atoms in total. The lowest BCUT2D eigenvalue weighted by molar-refractivity contribution is -0.123. The van der Waals surface area contributed by atoms with Gasteiger partial charge < -0.3 is 10.1 Å². The van der Waals surface area contributed by atoms with E-state index in [9.17, 15) is 9.59 Å². The third kappa shape index (κ3) is 3.43. The van der Waals surface area contributed by atoms with Crippen molar-refractivity contribution < 1.29 is 14.3 Å². The van der Waals surface area contributed by atoms with Gasteiger partial charge >= 0.3 is 5.97 Å². The highest BCUT2D eigenvalue weighted by atomic mass is 16.5. The molecule has 0 aliphatic rings. The van der Waals surface area contributed by atoms with E-state index < -0.39 is 12.1 Å². The molecule has 3 rings (SSSR count). The summed E-state index contributed by atoms with van der Waals surface area (Å²) in [7, 11) is 0. The first-order valence-corrected chi connectivity index (χ1v) is 7.70. The van der Waals surface area contributed by atoms with Crippen molar-refractivity contribution in [3.8, 4) is 0 Å². The van der Waals surface area contributed by atoms with Gasteiger partial charge in [-0.05, 0) is 35.9 Å². The molecule has 0 aromatic heterocycles. The smallest absolute Gasteiger partial charge is 0.339 e. The van der Waals surface area contributed by atoms with Crippen molar-refractivity contribution in [2.24, 2.45) is 0 Å². The molecule has 3 aromatic rings. The van der Waals surface area contributed by atoms with Crippen LogP contribution in [0.3, 0.4) is 0 Å². The number of carbonyl (C=O) groups is 2. The second-order valence-electron chi connectivity index (χ2n) is 5.43. The molecule has 3 aromatic carbocycles. The fourth-order valence-electron chi connectivity index (χ4n) is 2.45. The Bertz CT molecular complexity index is 869. The van der Waals surface area contributed by atoms with Crippen molar-refractivity contribution in [1.29, 1.82) is 0 Å². The van der Waals surface area contributed by atoms with E-state index in [4.69, 9.17) is 4.74 Å². The molecular formula is C20H17NO3. The van der Waals surface area contributed by atoms with Gasteiger partial charge in [-0.25, -0.2) is 4.79 Å². The van der Waals surface area contributed by atoms with Crippen molar-refractivity contribution in [3.05, 3.63) is 78.4 Å². The normalized spacial score (nSPS) is 11.7. The van der Waals surface area contributed by atoms with Crippen LogP contribution in [0.15, 0.2) is 72.8 Å². The maximum absolute atomic E-state index is 12.4. The molecule has 0 heterocycles. The van der Waals surface area contributed by atoms with Crippen LogP contribution in [0.4, 0.5) is 5.69 Å². The average molecular weight is 319 g/mol. The minimum absolute atomic E-state index is 0.366. The summed E-state index contributed by atoms with van der Waals surface area (Å²) < 4.78 is 5.33. The van der Waals surface area contributed by atoms with Gasteiger partial charge in [0.15, 0.2) is 6.10 Å². The highest BCUT2D eigenvalue weighted by Gasteiger charge is 2.20. The van der Waals surface area contributed by atoms with E-state index in [1.165, 1.54) is 0 Å². The number of rotatable bonds is 4. The summed E-state index contributed by atoms with van der Waals surface area (Å²) >= 11 is 0. The number of nitrogens with one attached hydrogen (secondary N) is 1. The van der Waals surface area contributed by atoms with Crippen LogP contribution >= 0.6 is 0 Å². The molecular weight excluding hydrogens is 302 g/mol. The number of hydrogen-bond acceptors (Lipinski definition) is 3. The minimum Gasteiger partial charge on any atom is -0.449 e. The van der Waals surface area contributed by atoms with Crippen LogP contribution in [-0.4, -0.2) is 18.0 Å². The van der Waals surface area contributed by atoms with Crippen LogP contribution < -0.4 is 5.32 Å². The number of fused-ring (bicyclic) bond motifs is 1. The van der Waals surface area contributed by atoms with Crippen molar-refractivity contribution >= 4 is 28.3 Å². The molecule has 120 valence electrons. The summed E-state index contributed by atoms with van der Waals surface area (Å²) in [4.78, 5) is 24.6. The summed E-state index contributed by atoms with van der Waals surface area (Å²) in [6.07, 6.45) is -0.892. The van der Waals surface area contributed by atoms with Crippen LogP contribution in [-0.2, 0) is 9.53 Å². The number of hydrogen-bond donors (Lipinski definition) is 1. The molecule has 0 spiro atoms. The number of anilines is 1. The molecule has 1 atom stereocenters. The van der Waals surface area contributed by atoms with E-state index in [1.807, 2.05) is 48.5 Å². The van der Waals surface area contributed by atoms with E-state index in [-0.39, 0.29) is 5.91 Å². The molecule has 0 saturated carbocycles. The maximum Gasteiger partial charge on any atom is 0.339 e. The molecule has 24 heavy (non-hydrogen) atoms. The van der Waals surface area contributed by atoms with E-state index in [2.05, 4.69) is 5.32 Å². The Labute approximate surface area is 140 Å². The second kappa shape index (κ2) is 6.96. The van der Waals surface area contributed by atoms with Gasteiger partial charge in [-0.2, -0.15) is 0 Å². The topological polar surface area (TPSA) is 55.4 Å². The van der Waals surface area contributed by atoms with Gasteiger partial charge in [0.2, 0.25) is 0 Å². The zero-order valence-electron chi connectivity index (χ0n) is 13.2. The number of carbonyl (C=O) groups excluding carboxylic acids is 2. The van der Waals surface area contributed by atoms with Crippen molar-refractivity contribution in [1.82, 2.24) is 0 Å². The molecule has 1 N–H and O–H groups in total. The molecule has 0 aliphatic carbocycles. The van der Waals surface area contributed by atoms with E-state index >= 15 is 0 Å².